The molecule has 0 bridgehead atoms. The maximum atomic E-state index is 13.0. The second-order valence-corrected chi connectivity index (χ2v) is 7.32. The van der Waals surface area contributed by atoms with Crippen LogP contribution in [0.4, 0.5) is 0 Å². The van der Waals surface area contributed by atoms with E-state index in [9.17, 15) is 5.11 Å². The summed E-state index contributed by atoms with van der Waals surface area (Å²) in [7, 11) is 0. The average Bonchev–Trinajstić information content (AvgIpc) is 2.52. The molecule has 0 atom stereocenters. The van der Waals surface area contributed by atoms with Crippen LogP contribution in [0.2, 0.25) is 0 Å². The largest absolute Gasteiger partial charge is 0.229 e. The van der Waals surface area contributed by atoms with E-state index >= 15 is 0 Å². The summed E-state index contributed by atoms with van der Waals surface area (Å²) in [6, 6.07) is 0. The van der Waals surface area contributed by atoms with E-state index in [2.05, 4.69) is 20.8 Å². The van der Waals surface area contributed by atoms with Crippen LogP contribution < -0.4 is 0 Å². The molecule has 0 amide bonds. The van der Waals surface area contributed by atoms with E-state index in [1.165, 1.54) is 64.2 Å². The Balaban J connectivity index is 3.84. The smallest absolute Gasteiger partial charge is 0.104 e. The van der Waals surface area contributed by atoms with Gasteiger partial charge in [0.05, 0.1) is 0 Å². The van der Waals surface area contributed by atoms with Gasteiger partial charge in [0.25, 0.3) is 0 Å². The second kappa shape index (κ2) is 15.8. The fourth-order valence-electron chi connectivity index (χ4n) is 3.33. The van der Waals surface area contributed by atoms with Crippen molar-refractivity contribution in [3.8, 4) is 0 Å². The van der Waals surface area contributed by atoms with Gasteiger partial charge in [0.1, 0.15) is 5.60 Å². The van der Waals surface area contributed by atoms with Gasteiger partial charge in [-0.1, -0.05) is 111 Å². The molecular formula is C21H43O. The van der Waals surface area contributed by atoms with Gasteiger partial charge in [-0.3, -0.25) is 0 Å². The first-order chi connectivity index (χ1) is 10.7. The Bertz CT molecular complexity index is 196. The van der Waals surface area contributed by atoms with Gasteiger partial charge in [0, 0.05) is 0 Å². The molecule has 1 heteroatoms. The van der Waals surface area contributed by atoms with Crippen LogP contribution in [0.15, 0.2) is 0 Å². The van der Waals surface area contributed by atoms with Crippen molar-refractivity contribution in [2.45, 2.75) is 136 Å². The summed E-state index contributed by atoms with van der Waals surface area (Å²) >= 11 is 0. The molecule has 0 N–H and O–H groups in total. The molecule has 0 aromatic rings. The Labute approximate surface area is 141 Å². The Hall–Kier alpha value is -0.0400. The molecule has 0 aliphatic carbocycles. The molecule has 0 aliphatic rings. The average molecular weight is 312 g/mol. The third-order valence-electron chi connectivity index (χ3n) is 4.96. The van der Waals surface area contributed by atoms with Crippen molar-refractivity contribution in [1.29, 1.82) is 0 Å². The lowest BCUT2D eigenvalue weighted by atomic mass is 9.85. The molecule has 0 rings (SSSR count). The quantitative estimate of drug-likeness (QED) is 0.244. The molecular weight excluding hydrogens is 268 g/mol. The molecule has 0 unspecified atom stereocenters. The molecule has 0 aromatic carbocycles. The topological polar surface area (TPSA) is 19.9 Å². The molecule has 0 fully saturated rings. The Kier molecular flexibility index (Phi) is 15.8. The van der Waals surface area contributed by atoms with E-state index in [-0.39, 0.29) is 0 Å². The fraction of sp³-hybridized carbons (Fsp3) is 1.00. The lowest BCUT2D eigenvalue weighted by molar-refractivity contribution is -0.0555. The summed E-state index contributed by atoms with van der Waals surface area (Å²) in [5, 5.41) is 13.0. The Morgan fingerprint density at radius 3 is 1.18 bits per heavy atom. The van der Waals surface area contributed by atoms with Crippen LogP contribution in [0.5, 0.6) is 0 Å². The highest BCUT2D eigenvalue weighted by molar-refractivity contribution is 4.78. The summed E-state index contributed by atoms with van der Waals surface area (Å²) in [5.41, 5.74) is -0.606. The molecule has 22 heavy (non-hydrogen) atoms. The van der Waals surface area contributed by atoms with Gasteiger partial charge in [0.2, 0.25) is 0 Å². The summed E-state index contributed by atoms with van der Waals surface area (Å²) in [5.74, 6) is 0. The molecule has 0 saturated heterocycles. The maximum absolute atomic E-state index is 13.0. The highest BCUT2D eigenvalue weighted by atomic mass is 16.3. The SMILES string of the molecule is CCCCCCCCC([O])(CCCC)CCCCCCCC. The van der Waals surface area contributed by atoms with Gasteiger partial charge in [-0.25, -0.2) is 5.11 Å². The van der Waals surface area contributed by atoms with Gasteiger partial charge >= 0.3 is 0 Å². The molecule has 0 saturated carbocycles. The van der Waals surface area contributed by atoms with Gasteiger partial charge in [0.15, 0.2) is 0 Å². The van der Waals surface area contributed by atoms with Crippen LogP contribution >= 0.6 is 0 Å². The summed E-state index contributed by atoms with van der Waals surface area (Å²) in [6.07, 6.45) is 20.6. The third kappa shape index (κ3) is 13.6. The summed E-state index contributed by atoms with van der Waals surface area (Å²) in [4.78, 5) is 0. The third-order valence-corrected chi connectivity index (χ3v) is 4.96. The van der Waals surface area contributed by atoms with Gasteiger partial charge in [-0.15, -0.1) is 0 Å². The molecule has 1 radical (unpaired) electrons. The van der Waals surface area contributed by atoms with E-state index in [0.717, 1.165) is 44.9 Å². The molecule has 0 spiro atoms. The van der Waals surface area contributed by atoms with Crippen molar-refractivity contribution in [1.82, 2.24) is 0 Å². The van der Waals surface area contributed by atoms with Crippen LogP contribution in [0.3, 0.4) is 0 Å². The monoisotopic (exact) mass is 311 g/mol. The first-order valence-corrected chi connectivity index (χ1v) is 10.4. The van der Waals surface area contributed by atoms with Crippen LogP contribution in [-0.2, 0) is 5.11 Å². The van der Waals surface area contributed by atoms with Gasteiger partial charge in [-0.05, 0) is 19.3 Å². The lowest BCUT2D eigenvalue weighted by Crippen LogP contribution is -2.26. The van der Waals surface area contributed by atoms with E-state index in [4.69, 9.17) is 0 Å². The maximum Gasteiger partial charge on any atom is 0.104 e. The molecule has 0 aliphatic heterocycles. The Morgan fingerprint density at radius 2 is 0.773 bits per heavy atom. The number of rotatable bonds is 17. The second-order valence-electron chi connectivity index (χ2n) is 7.32. The normalized spacial score (nSPS) is 12.0. The highest BCUT2D eigenvalue weighted by Crippen LogP contribution is 2.29. The number of hydrogen-bond donors (Lipinski definition) is 0. The van der Waals surface area contributed by atoms with Crippen LogP contribution in [0.1, 0.15) is 130 Å². The first-order valence-electron chi connectivity index (χ1n) is 10.4. The van der Waals surface area contributed by atoms with Crippen molar-refractivity contribution >= 4 is 0 Å². The van der Waals surface area contributed by atoms with Crippen LogP contribution in [0.25, 0.3) is 0 Å². The molecule has 133 valence electrons. The molecule has 0 aromatic heterocycles. The molecule has 1 nitrogen and oxygen atoms in total. The van der Waals surface area contributed by atoms with Crippen molar-refractivity contribution in [3.05, 3.63) is 0 Å². The van der Waals surface area contributed by atoms with Gasteiger partial charge < -0.3 is 0 Å². The van der Waals surface area contributed by atoms with Gasteiger partial charge in [-0.2, -0.15) is 0 Å². The summed E-state index contributed by atoms with van der Waals surface area (Å²) in [6.45, 7) is 6.72. The van der Waals surface area contributed by atoms with Crippen molar-refractivity contribution in [2.24, 2.45) is 0 Å². The number of unbranched alkanes of at least 4 members (excludes halogenated alkanes) is 11. The first kappa shape index (κ1) is 22.0. The van der Waals surface area contributed by atoms with E-state index in [1.54, 1.807) is 0 Å². The van der Waals surface area contributed by atoms with E-state index < -0.39 is 5.60 Å². The summed E-state index contributed by atoms with van der Waals surface area (Å²) < 4.78 is 0. The number of hydrogen-bond acceptors (Lipinski definition) is 0. The standard InChI is InChI=1S/C21H43O/c1-4-7-10-12-14-16-19-21(22,18-9-6-3)20-17-15-13-11-8-5-2/h4-20H2,1-3H3. The molecule has 0 heterocycles. The fourth-order valence-corrected chi connectivity index (χ4v) is 3.33. The van der Waals surface area contributed by atoms with Crippen molar-refractivity contribution < 1.29 is 5.11 Å². The predicted molar refractivity (Wildman–Crippen MR) is 98.9 cm³/mol. The van der Waals surface area contributed by atoms with Crippen LogP contribution in [0, 0.1) is 0 Å². The zero-order valence-corrected chi connectivity index (χ0v) is 15.9. The highest BCUT2D eigenvalue weighted by Gasteiger charge is 2.27. The van der Waals surface area contributed by atoms with E-state index in [0.29, 0.717) is 0 Å². The minimum Gasteiger partial charge on any atom is -0.229 e. The van der Waals surface area contributed by atoms with Crippen LogP contribution in [-0.4, -0.2) is 5.60 Å². The zero-order valence-electron chi connectivity index (χ0n) is 15.9. The zero-order chi connectivity index (χ0) is 16.5. The minimum atomic E-state index is -0.606. The predicted octanol–water partition coefficient (Wildman–Crippen LogP) is 7.85. The van der Waals surface area contributed by atoms with Crippen molar-refractivity contribution in [3.63, 3.8) is 0 Å². The van der Waals surface area contributed by atoms with Crippen molar-refractivity contribution in [2.75, 3.05) is 0 Å². The van der Waals surface area contributed by atoms with E-state index in [1.807, 2.05) is 0 Å². The minimum absolute atomic E-state index is 0.606. The Morgan fingerprint density at radius 1 is 0.455 bits per heavy atom. The lowest BCUT2D eigenvalue weighted by Gasteiger charge is -2.26.